The number of likely N-dealkylation sites (tertiary alicyclic amines) is 1. The zero-order chi connectivity index (χ0) is 53.2. The number of aromatic amines is 2. The lowest BCUT2D eigenvalue weighted by Crippen LogP contribution is -2.51. The van der Waals surface area contributed by atoms with E-state index < -0.39 is 54.0 Å². The third-order valence-corrected chi connectivity index (χ3v) is 14.6. The number of piperidine rings is 1. The zero-order valence-corrected chi connectivity index (χ0v) is 43.0. The minimum atomic E-state index is -4.42. The summed E-state index contributed by atoms with van der Waals surface area (Å²) < 4.78 is 85.4. The number of benzene rings is 3. The Kier molecular flexibility index (Phi) is 16.3. The van der Waals surface area contributed by atoms with Gasteiger partial charge in [-0.25, -0.2) is 28.3 Å². The Balaban J connectivity index is 1.13. The van der Waals surface area contributed by atoms with Crippen LogP contribution >= 0.6 is 0 Å². The van der Waals surface area contributed by atoms with Gasteiger partial charge in [-0.05, 0) is 98.6 Å². The van der Waals surface area contributed by atoms with Crippen molar-refractivity contribution in [2.45, 2.75) is 123 Å². The number of nitrogens with one attached hydrogen (secondary N) is 4. The number of methoxy groups -OCH3 is 2. The second-order valence-electron chi connectivity index (χ2n) is 20.5. The highest BCUT2D eigenvalue weighted by Gasteiger charge is 2.43. The molecule has 0 aliphatic carbocycles. The van der Waals surface area contributed by atoms with E-state index in [1.54, 1.807) is 28.0 Å². The Bertz CT molecular complexity index is 2840. The SMILES string of the molecule is CCCN(Cc1nc2ccc(C3CCCN3c3cc(F)c(N4CCC(C(F)(F)F)CC4)c(F)c3-c3ccc4nc(C5CCCN5C(=O)C(NC(=O)OC)C(C)C)[nH]c4c3)cc2[nH]1)C(=O)C(CC(C)C)NC(=O)OC. The summed E-state index contributed by atoms with van der Waals surface area (Å²) in [7, 11) is 2.48. The van der Waals surface area contributed by atoms with E-state index in [1.165, 1.54) is 25.2 Å². The van der Waals surface area contributed by atoms with Crippen LogP contribution in [0.25, 0.3) is 33.2 Å². The number of hydrogen-bond acceptors (Lipinski definition) is 10. The molecule has 3 aromatic carbocycles. The molecule has 3 saturated heterocycles. The molecule has 4 amide bonds. The fourth-order valence-corrected chi connectivity index (χ4v) is 10.9. The number of alkyl carbamates (subject to hydrolysis) is 2. The number of carbonyl (C=O) groups excluding carboxylic acids is 4. The van der Waals surface area contributed by atoms with E-state index in [0.29, 0.717) is 97.4 Å². The van der Waals surface area contributed by atoms with Crippen molar-refractivity contribution in [1.82, 2.24) is 40.4 Å². The van der Waals surface area contributed by atoms with Gasteiger partial charge in [0.05, 0.1) is 66.5 Å². The van der Waals surface area contributed by atoms with Gasteiger partial charge in [0, 0.05) is 44.4 Å². The number of halogens is 5. The van der Waals surface area contributed by atoms with Crippen LogP contribution in [0, 0.1) is 29.4 Å². The molecule has 0 spiro atoms. The van der Waals surface area contributed by atoms with Gasteiger partial charge in [0.25, 0.3) is 0 Å². The number of ether oxygens (including phenoxy) is 2. The van der Waals surface area contributed by atoms with Crippen LogP contribution in [-0.4, -0.2) is 119 Å². The van der Waals surface area contributed by atoms with Crippen molar-refractivity contribution in [3.8, 4) is 11.1 Å². The topological polar surface area (TPSA) is 181 Å². The van der Waals surface area contributed by atoms with Crippen LogP contribution < -0.4 is 20.4 Å². The Morgan fingerprint density at radius 1 is 0.824 bits per heavy atom. The maximum Gasteiger partial charge on any atom is 0.407 e. The monoisotopic (exact) mass is 1030 g/mol. The first kappa shape index (κ1) is 53.6. The predicted octanol–water partition coefficient (Wildman–Crippen LogP) is 10.1. The standard InChI is InChI=1S/C53H67F5N10O6/c1-8-19-66(49(69)39(24-29(2)3)63-51(71)73-6)28-43-59-35-15-13-31(25-37(35)60-43)40-11-9-20-67(40)42-27-34(54)47(65-22-17-33(18-23-65)53(56,57)58)45(55)44(42)32-14-16-36-38(26-32)62-48(61-36)41-12-10-21-68(41)50(70)46(30(4)5)64-52(72)74-7/h13-16,25-27,29-30,33,39-41,46H,8-12,17-24,28H2,1-7H3,(H,59,60)(H,61,62)(H,63,71)(H,64,72). The van der Waals surface area contributed by atoms with Gasteiger partial charge in [-0.15, -0.1) is 0 Å². The number of carbonyl (C=O) groups is 4. The third kappa shape index (κ3) is 11.4. The summed E-state index contributed by atoms with van der Waals surface area (Å²) in [6, 6.07) is 9.76. The summed E-state index contributed by atoms with van der Waals surface area (Å²) in [5.74, 6) is -2.98. The molecule has 4 unspecified atom stereocenters. The van der Waals surface area contributed by atoms with E-state index in [4.69, 9.17) is 19.4 Å². The molecular weight excluding hydrogens is 968 g/mol. The van der Waals surface area contributed by atoms with Crippen LogP contribution in [0.1, 0.15) is 115 Å². The Hall–Kier alpha value is -6.67. The first-order chi connectivity index (χ1) is 35.3. The van der Waals surface area contributed by atoms with E-state index in [1.807, 2.05) is 57.7 Å². The minimum absolute atomic E-state index is 0.0821. The maximum atomic E-state index is 17.7. The molecule has 5 heterocycles. The smallest absolute Gasteiger partial charge is 0.407 e. The largest absolute Gasteiger partial charge is 0.453 e. The van der Waals surface area contributed by atoms with E-state index in [9.17, 15) is 32.3 Å². The van der Waals surface area contributed by atoms with Gasteiger partial charge >= 0.3 is 18.4 Å². The lowest BCUT2D eigenvalue weighted by Gasteiger charge is -2.36. The molecule has 3 aliphatic heterocycles. The molecule has 400 valence electrons. The van der Waals surface area contributed by atoms with Gasteiger partial charge in [0.2, 0.25) is 11.8 Å². The molecule has 2 aromatic heterocycles. The Morgan fingerprint density at radius 3 is 2.16 bits per heavy atom. The Labute approximate surface area is 427 Å². The van der Waals surface area contributed by atoms with Crippen LogP contribution in [-0.2, 0) is 25.6 Å². The molecule has 0 bridgehead atoms. The van der Waals surface area contributed by atoms with E-state index in [-0.39, 0.29) is 79.1 Å². The van der Waals surface area contributed by atoms with Crippen molar-refractivity contribution in [3.05, 3.63) is 71.3 Å². The molecule has 4 atom stereocenters. The highest BCUT2D eigenvalue weighted by atomic mass is 19.4. The van der Waals surface area contributed by atoms with Crippen molar-refractivity contribution < 1.29 is 50.6 Å². The van der Waals surface area contributed by atoms with Crippen LogP contribution in [0.3, 0.4) is 0 Å². The first-order valence-corrected chi connectivity index (χ1v) is 25.7. The fourth-order valence-electron chi connectivity index (χ4n) is 10.9. The lowest BCUT2D eigenvalue weighted by molar-refractivity contribution is -0.179. The number of amides is 4. The summed E-state index contributed by atoms with van der Waals surface area (Å²) in [5, 5.41) is 5.34. The lowest BCUT2D eigenvalue weighted by atomic mass is 9.94. The second kappa shape index (κ2) is 22.4. The molecule has 74 heavy (non-hydrogen) atoms. The number of alkyl halides is 3. The molecule has 16 nitrogen and oxygen atoms in total. The van der Waals surface area contributed by atoms with Crippen LogP contribution in [0.15, 0.2) is 42.5 Å². The average molecular weight is 1040 g/mol. The van der Waals surface area contributed by atoms with Crippen LogP contribution in [0.5, 0.6) is 0 Å². The van der Waals surface area contributed by atoms with Crippen molar-refractivity contribution in [2.24, 2.45) is 17.8 Å². The van der Waals surface area contributed by atoms with Gasteiger partial charge in [-0.3, -0.25) is 9.59 Å². The molecular formula is C53H67F5N10O6. The molecule has 5 aromatic rings. The summed E-state index contributed by atoms with van der Waals surface area (Å²) in [5.41, 5.74) is 3.61. The number of H-pyrrole nitrogens is 2. The quantitative estimate of drug-likeness (QED) is 0.0695. The Morgan fingerprint density at radius 2 is 1.49 bits per heavy atom. The van der Waals surface area contributed by atoms with Gasteiger partial charge in [0.1, 0.15) is 29.4 Å². The highest BCUT2D eigenvalue weighted by molar-refractivity contribution is 5.90. The number of nitrogens with zero attached hydrogens (tertiary/aromatic N) is 6. The molecule has 21 heteroatoms. The summed E-state index contributed by atoms with van der Waals surface area (Å²) in [4.78, 5) is 75.4. The molecule has 3 aliphatic rings. The number of anilines is 2. The van der Waals surface area contributed by atoms with Crippen molar-refractivity contribution in [1.29, 1.82) is 0 Å². The van der Waals surface area contributed by atoms with Gasteiger partial charge in [0.15, 0.2) is 11.6 Å². The average Bonchev–Trinajstić information content (AvgIpc) is 4.20. The van der Waals surface area contributed by atoms with Gasteiger partial charge in [-0.1, -0.05) is 46.8 Å². The first-order valence-electron chi connectivity index (χ1n) is 25.7. The second-order valence-corrected chi connectivity index (χ2v) is 20.5. The third-order valence-electron chi connectivity index (χ3n) is 14.6. The van der Waals surface area contributed by atoms with Crippen molar-refractivity contribution in [2.75, 3.05) is 56.7 Å². The molecule has 8 rings (SSSR count). The normalized spacial score (nSPS) is 18.4. The van der Waals surface area contributed by atoms with Crippen molar-refractivity contribution in [3.63, 3.8) is 0 Å². The summed E-state index contributed by atoms with van der Waals surface area (Å²) >= 11 is 0. The molecule has 0 saturated carbocycles. The number of hydrogen-bond donors (Lipinski definition) is 4. The van der Waals surface area contributed by atoms with Crippen molar-refractivity contribution >= 4 is 57.4 Å². The van der Waals surface area contributed by atoms with E-state index in [2.05, 4.69) is 20.6 Å². The maximum absolute atomic E-state index is 17.7. The zero-order valence-electron chi connectivity index (χ0n) is 43.0. The van der Waals surface area contributed by atoms with E-state index in [0.717, 1.165) is 5.56 Å². The molecule has 4 N–H and O–H groups in total. The molecule has 3 fully saturated rings. The summed E-state index contributed by atoms with van der Waals surface area (Å²) in [6.07, 6.45) is -2.75. The van der Waals surface area contributed by atoms with Crippen LogP contribution in [0.4, 0.5) is 42.9 Å². The molecule has 0 radical (unpaired) electrons. The minimum Gasteiger partial charge on any atom is -0.453 e. The number of imidazole rings is 2. The van der Waals surface area contributed by atoms with Gasteiger partial charge in [-0.2, -0.15) is 13.2 Å². The van der Waals surface area contributed by atoms with E-state index >= 15 is 8.78 Å². The number of aromatic nitrogens is 4. The van der Waals surface area contributed by atoms with Crippen LogP contribution in [0.2, 0.25) is 0 Å². The number of rotatable bonds is 16. The van der Waals surface area contributed by atoms with Gasteiger partial charge < -0.3 is 49.7 Å². The highest BCUT2D eigenvalue weighted by Crippen LogP contribution is 2.47. The number of fused-ring (bicyclic) bond motifs is 2. The predicted molar refractivity (Wildman–Crippen MR) is 270 cm³/mol. The summed E-state index contributed by atoms with van der Waals surface area (Å²) in [6.45, 7) is 10.6. The fraction of sp³-hybridized carbons (Fsp3) is 0.547.